The predicted molar refractivity (Wildman–Crippen MR) is 93.8 cm³/mol. The van der Waals surface area contributed by atoms with E-state index in [1.165, 1.54) is 21.1 Å². The summed E-state index contributed by atoms with van der Waals surface area (Å²) in [6.45, 7) is 1.35. The molecule has 0 saturated carbocycles. The van der Waals surface area contributed by atoms with Crippen molar-refractivity contribution < 1.29 is 32.6 Å². The normalized spacial score (nSPS) is 11.4. The zero-order chi connectivity index (χ0) is 20.0. The molecule has 27 heavy (non-hydrogen) atoms. The summed E-state index contributed by atoms with van der Waals surface area (Å²) in [5, 5.41) is 2.24. The van der Waals surface area contributed by atoms with Gasteiger partial charge in [-0.15, -0.1) is 0 Å². The standard InChI is InChI=1S/C19H19F2NO5/c1-11(19(24)22-16-7-5-13(20)9-15(16)21)27-18(23)8-12-4-6-14(25-2)10-17(12)26-3/h4-7,9-11H,8H2,1-3H3,(H,22,24). The molecule has 1 unspecified atom stereocenters. The first-order valence-electron chi connectivity index (χ1n) is 8.00. The average molecular weight is 379 g/mol. The average Bonchev–Trinajstić information content (AvgIpc) is 2.64. The van der Waals surface area contributed by atoms with Crippen LogP contribution in [0.25, 0.3) is 0 Å². The van der Waals surface area contributed by atoms with E-state index in [0.717, 1.165) is 12.1 Å². The van der Waals surface area contributed by atoms with Crippen molar-refractivity contribution in [3.63, 3.8) is 0 Å². The third-order valence-corrected chi connectivity index (χ3v) is 3.70. The molecule has 2 rings (SSSR count). The third kappa shape index (κ3) is 5.40. The van der Waals surface area contributed by atoms with Gasteiger partial charge in [0, 0.05) is 17.7 Å². The molecule has 1 atom stereocenters. The number of benzene rings is 2. The maximum absolute atomic E-state index is 13.6. The molecule has 0 aromatic heterocycles. The van der Waals surface area contributed by atoms with Gasteiger partial charge in [0.2, 0.25) is 0 Å². The van der Waals surface area contributed by atoms with Gasteiger partial charge in [0.05, 0.1) is 26.3 Å². The van der Waals surface area contributed by atoms with E-state index in [4.69, 9.17) is 14.2 Å². The molecule has 0 spiro atoms. The van der Waals surface area contributed by atoms with Gasteiger partial charge in [0.25, 0.3) is 5.91 Å². The molecule has 144 valence electrons. The number of rotatable bonds is 7. The van der Waals surface area contributed by atoms with Gasteiger partial charge < -0.3 is 19.5 Å². The fourth-order valence-electron chi connectivity index (χ4n) is 2.27. The first-order chi connectivity index (χ1) is 12.8. The zero-order valence-electron chi connectivity index (χ0n) is 15.0. The van der Waals surface area contributed by atoms with Crippen LogP contribution in [0.1, 0.15) is 12.5 Å². The molecule has 1 N–H and O–H groups in total. The molecule has 6 nitrogen and oxygen atoms in total. The van der Waals surface area contributed by atoms with Gasteiger partial charge in [-0.1, -0.05) is 6.07 Å². The summed E-state index contributed by atoms with van der Waals surface area (Å²) < 4.78 is 41.8. The number of methoxy groups -OCH3 is 2. The number of nitrogens with one attached hydrogen (secondary N) is 1. The summed E-state index contributed by atoms with van der Waals surface area (Å²) in [7, 11) is 2.96. The molecule has 0 bridgehead atoms. The largest absolute Gasteiger partial charge is 0.497 e. The molecule has 0 saturated heterocycles. The number of anilines is 1. The minimum Gasteiger partial charge on any atom is -0.497 e. The fraction of sp³-hybridized carbons (Fsp3) is 0.263. The van der Waals surface area contributed by atoms with Crippen LogP contribution in [0.3, 0.4) is 0 Å². The highest BCUT2D eigenvalue weighted by Gasteiger charge is 2.20. The molecular weight excluding hydrogens is 360 g/mol. The molecule has 0 radical (unpaired) electrons. The molecular formula is C19H19F2NO5. The van der Waals surface area contributed by atoms with Crippen LogP contribution in [-0.2, 0) is 20.7 Å². The van der Waals surface area contributed by atoms with Gasteiger partial charge in [-0.05, 0) is 25.1 Å². The number of carbonyl (C=O) groups excluding carboxylic acids is 2. The topological polar surface area (TPSA) is 73.9 Å². The molecule has 0 aliphatic heterocycles. The van der Waals surface area contributed by atoms with Gasteiger partial charge in [-0.2, -0.15) is 0 Å². The first kappa shape index (κ1) is 20.2. The molecule has 0 aliphatic rings. The van der Waals surface area contributed by atoms with E-state index in [1.807, 2.05) is 0 Å². The highest BCUT2D eigenvalue weighted by molar-refractivity contribution is 5.95. The van der Waals surface area contributed by atoms with Crippen molar-refractivity contribution in [2.75, 3.05) is 19.5 Å². The fourth-order valence-corrected chi connectivity index (χ4v) is 2.27. The quantitative estimate of drug-likeness (QED) is 0.749. The van der Waals surface area contributed by atoms with Crippen LogP contribution in [-0.4, -0.2) is 32.2 Å². The lowest BCUT2D eigenvalue weighted by Gasteiger charge is -2.15. The van der Waals surface area contributed by atoms with Gasteiger partial charge in [0.15, 0.2) is 6.10 Å². The summed E-state index contributed by atoms with van der Waals surface area (Å²) in [4.78, 5) is 24.2. The second-order valence-corrected chi connectivity index (χ2v) is 5.60. The van der Waals surface area contributed by atoms with E-state index < -0.39 is 29.6 Å². The van der Waals surface area contributed by atoms with Crippen molar-refractivity contribution in [2.45, 2.75) is 19.4 Å². The van der Waals surface area contributed by atoms with E-state index in [-0.39, 0.29) is 12.1 Å². The molecule has 8 heteroatoms. The van der Waals surface area contributed by atoms with Gasteiger partial charge in [-0.25, -0.2) is 8.78 Å². The maximum atomic E-state index is 13.6. The molecule has 0 fully saturated rings. The predicted octanol–water partition coefficient (Wildman–Crippen LogP) is 3.09. The lowest BCUT2D eigenvalue weighted by molar-refractivity contribution is -0.152. The lowest BCUT2D eigenvalue weighted by Crippen LogP contribution is -2.30. The Balaban J connectivity index is 1.97. The summed E-state index contributed by atoms with van der Waals surface area (Å²) in [6, 6.07) is 7.67. The highest BCUT2D eigenvalue weighted by atomic mass is 19.1. The minimum absolute atomic E-state index is 0.129. The van der Waals surface area contributed by atoms with Crippen molar-refractivity contribution in [1.82, 2.24) is 0 Å². The third-order valence-electron chi connectivity index (χ3n) is 3.70. The number of esters is 1. The molecule has 2 aromatic carbocycles. The van der Waals surface area contributed by atoms with Crippen LogP contribution in [0.15, 0.2) is 36.4 Å². The Morgan fingerprint density at radius 3 is 2.44 bits per heavy atom. The monoisotopic (exact) mass is 379 g/mol. The minimum atomic E-state index is -1.17. The number of ether oxygens (including phenoxy) is 3. The Kier molecular flexibility index (Phi) is 6.70. The Morgan fingerprint density at radius 1 is 1.07 bits per heavy atom. The molecule has 2 aromatic rings. The number of halogens is 2. The highest BCUT2D eigenvalue weighted by Crippen LogP contribution is 2.25. The van der Waals surface area contributed by atoms with E-state index in [0.29, 0.717) is 23.1 Å². The van der Waals surface area contributed by atoms with Gasteiger partial charge in [0.1, 0.15) is 23.1 Å². The van der Waals surface area contributed by atoms with Crippen LogP contribution < -0.4 is 14.8 Å². The van der Waals surface area contributed by atoms with E-state index >= 15 is 0 Å². The molecule has 0 heterocycles. The van der Waals surface area contributed by atoms with Crippen molar-refractivity contribution >= 4 is 17.6 Å². The number of hydrogen-bond acceptors (Lipinski definition) is 5. The second-order valence-electron chi connectivity index (χ2n) is 5.60. The van der Waals surface area contributed by atoms with Crippen LogP contribution in [0.2, 0.25) is 0 Å². The summed E-state index contributed by atoms with van der Waals surface area (Å²) in [5.41, 5.74) is 0.349. The molecule has 0 aliphatic carbocycles. The number of carbonyl (C=O) groups is 2. The zero-order valence-corrected chi connectivity index (χ0v) is 15.0. The van der Waals surface area contributed by atoms with Crippen molar-refractivity contribution in [1.29, 1.82) is 0 Å². The molecule has 1 amide bonds. The smallest absolute Gasteiger partial charge is 0.311 e. The van der Waals surface area contributed by atoms with Gasteiger partial charge >= 0.3 is 5.97 Å². The van der Waals surface area contributed by atoms with Crippen LogP contribution in [0.5, 0.6) is 11.5 Å². The summed E-state index contributed by atoms with van der Waals surface area (Å²) >= 11 is 0. The van der Waals surface area contributed by atoms with E-state index in [9.17, 15) is 18.4 Å². The maximum Gasteiger partial charge on any atom is 0.311 e. The Bertz CT molecular complexity index is 841. The van der Waals surface area contributed by atoms with Crippen molar-refractivity contribution in [2.24, 2.45) is 0 Å². The first-order valence-corrected chi connectivity index (χ1v) is 8.00. The van der Waals surface area contributed by atoms with Crippen LogP contribution >= 0.6 is 0 Å². The van der Waals surface area contributed by atoms with Crippen molar-refractivity contribution in [3.05, 3.63) is 53.6 Å². The second kappa shape index (κ2) is 8.98. The van der Waals surface area contributed by atoms with Gasteiger partial charge in [-0.3, -0.25) is 9.59 Å². The lowest BCUT2D eigenvalue weighted by atomic mass is 10.1. The van der Waals surface area contributed by atoms with Crippen molar-refractivity contribution in [3.8, 4) is 11.5 Å². The number of hydrogen-bond donors (Lipinski definition) is 1. The Hall–Kier alpha value is -3.16. The Labute approximate surface area is 155 Å². The summed E-state index contributed by atoms with van der Waals surface area (Å²) in [5.74, 6) is -2.09. The van der Waals surface area contributed by atoms with E-state index in [1.54, 1.807) is 18.2 Å². The van der Waals surface area contributed by atoms with Crippen LogP contribution in [0.4, 0.5) is 14.5 Å². The van der Waals surface area contributed by atoms with Crippen LogP contribution in [0, 0.1) is 11.6 Å². The van der Waals surface area contributed by atoms with E-state index in [2.05, 4.69) is 5.32 Å². The number of amides is 1. The Morgan fingerprint density at radius 2 is 1.81 bits per heavy atom. The summed E-state index contributed by atoms with van der Waals surface area (Å²) in [6.07, 6.45) is -1.30. The SMILES string of the molecule is COc1ccc(CC(=O)OC(C)C(=O)Nc2ccc(F)cc2F)c(OC)c1.